The predicted molar refractivity (Wildman–Crippen MR) is 83.3 cm³/mol. The molecule has 1 aliphatic rings. The molecule has 0 aliphatic carbocycles. The van der Waals surface area contributed by atoms with Crippen molar-refractivity contribution in [2.45, 2.75) is 43.9 Å². The summed E-state index contributed by atoms with van der Waals surface area (Å²) in [4.78, 5) is 1.49. The van der Waals surface area contributed by atoms with E-state index in [1.807, 2.05) is 11.3 Å². The maximum Gasteiger partial charge on any atom is 0.0314 e. The average Bonchev–Trinajstić information content (AvgIpc) is 2.96. The lowest BCUT2D eigenvalue weighted by atomic mass is 10.1. The number of halogens is 1. The van der Waals surface area contributed by atoms with E-state index in [4.69, 9.17) is 0 Å². The second-order valence-electron chi connectivity index (χ2n) is 4.51. The molecule has 1 aromatic heterocycles. The fourth-order valence-electron chi connectivity index (χ4n) is 2.26. The molecule has 2 unspecified atom stereocenters. The Balaban J connectivity index is 1.97. The largest absolute Gasteiger partial charge is 0.313 e. The van der Waals surface area contributed by atoms with Crippen LogP contribution >= 0.6 is 39.0 Å². The Morgan fingerprint density at radius 3 is 3.06 bits per heavy atom. The molecule has 2 heterocycles. The van der Waals surface area contributed by atoms with Crippen molar-refractivity contribution in [1.82, 2.24) is 5.32 Å². The van der Waals surface area contributed by atoms with Crippen molar-refractivity contribution >= 4 is 39.0 Å². The van der Waals surface area contributed by atoms with Crippen LogP contribution in [-0.2, 0) is 6.42 Å². The summed E-state index contributed by atoms with van der Waals surface area (Å²) in [5, 5.41) is 6.74. The lowest BCUT2D eigenvalue weighted by Crippen LogP contribution is -2.39. The summed E-state index contributed by atoms with van der Waals surface area (Å²) in [6, 6.07) is 2.82. The predicted octanol–water partition coefficient (Wildman–Crippen LogP) is 4.32. The molecule has 2 rings (SSSR count). The molecule has 4 heteroatoms. The minimum Gasteiger partial charge on any atom is -0.313 e. The van der Waals surface area contributed by atoms with Gasteiger partial charge in [-0.3, -0.25) is 0 Å². The number of thioether (sulfide) groups is 1. The smallest absolute Gasteiger partial charge is 0.0314 e. The van der Waals surface area contributed by atoms with E-state index in [9.17, 15) is 0 Å². The van der Waals surface area contributed by atoms with Gasteiger partial charge < -0.3 is 5.32 Å². The van der Waals surface area contributed by atoms with E-state index in [-0.39, 0.29) is 0 Å². The Kier molecular flexibility index (Phi) is 5.87. The van der Waals surface area contributed by atoms with Crippen LogP contribution < -0.4 is 5.32 Å². The van der Waals surface area contributed by atoms with Crippen LogP contribution in [0.15, 0.2) is 15.9 Å². The van der Waals surface area contributed by atoms with Gasteiger partial charge in [-0.25, -0.2) is 0 Å². The third-order valence-electron chi connectivity index (χ3n) is 3.17. The molecule has 96 valence electrons. The lowest BCUT2D eigenvalue weighted by molar-refractivity contribution is 0.484. The maximum atomic E-state index is 3.74. The van der Waals surface area contributed by atoms with Gasteiger partial charge in [0.05, 0.1) is 0 Å². The normalized spacial score (nSPS) is 21.9. The van der Waals surface area contributed by atoms with Crippen molar-refractivity contribution in [3.05, 3.63) is 20.8 Å². The number of rotatable bonds is 6. The molecule has 1 aliphatic heterocycles. The molecule has 0 saturated carbocycles. The van der Waals surface area contributed by atoms with Gasteiger partial charge >= 0.3 is 0 Å². The summed E-state index contributed by atoms with van der Waals surface area (Å²) in [6.45, 7) is 3.39. The van der Waals surface area contributed by atoms with Gasteiger partial charge in [0.1, 0.15) is 0 Å². The first kappa shape index (κ1) is 13.9. The number of hydrogen-bond acceptors (Lipinski definition) is 3. The third kappa shape index (κ3) is 3.98. The maximum absolute atomic E-state index is 3.74. The van der Waals surface area contributed by atoms with Crippen molar-refractivity contribution in [3.8, 4) is 0 Å². The molecule has 1 aromatic rings. The van der Waals surface area contributed by atoms with E-state index in [2.05, 4.69) is 51.4 Å². The van der Waals surface area contributed by atoms with Gasteiger partial charge in [0.2, 0.25) is 0 Å². The van der Waals surface area contributed by atoms with Gasteiger partial charge in [-0.15, -0.1) is 11.3 Å². The molecule has 1 N–H and O–H groups in total. The van der Waals surface area contributed by atoms with Gasteiger partial charge in [-0.05, 0) is 65.4 Å². The third-order valence-corrected chi connectivity index (χ3v) is 6.63. The topological polar surface area (TPSA) is 12.0 Å². The molecule has 0 amide bonds. The van der Waals surface area contributed by atoms with Crippen molar-refractivity contribution in [3.63, 3.8) is 0 Å². The van der Waals surface area contributed by atoms with Gasteiger partial charge in [0, 0.05) is 20.6 Å². The van der Waals surface area contributed by atoms with E-state index < -0.39 is 0 Å². The van der Waals surface area contributed by atoms with Crippen LogP contribution in [0.2, 0.25) is 0 Å². The van der Waals surface area contributed by atoms with E-state index in [1.54, 1.807) is 0 Å². The van der Waals surface area contributed by atoms with Gasteiger partial charge in [0.15, 0.2) is 0 Å². The molecule has 17 heavy (non-hydrogen) atoms. The monoisotopic (exact) mass is 333 g/mol. The van der Waals surface area contributed by atoms with Crippen LogP contribution in [0.1, 0.15) is 31.1 Å². The molecular formula is C13H20BrNS2. The van der Waals surface area contributed by atoms with Crippen molar-refractivity contribution in [2.24, 2.45) is 0 Å². The standard InChI is InChI=1S/C13H20BrNS2/c1-2-6-15-11(12-4-3-7-16-12)9-13-10(14)5-8-17-13/h5,8,11-12,15H,2-4,6-7,9H2,1H3. The minimum absolute atomic E-state index is 0.650. The molecule has 0 spiro atoms. The molecule has 0 bridgehead atoms. The first-order valence-electron chi connectivity index (χ1n) is 6.38. The molecule has 1 nitrogen and oxygen atoms in total. The second-order valence-corrected chi connectivity index (χ2v) is 7.71. The molecule has 1 fully saturated rings. The van der Waals surface area contributed by atoms with E-state index in [0.717, 1.165) is 11.8 Å². The first-order valence-corrected chi connectivity index (χ1v) is 9.10. The molecule has 2 atom stereocenters. The number of nitrogens with one attached hydrogen (secondary N) is 1. The number of hydrogen-bond donors (Lipinski definition) is 1. The fraction of sp³-hybridized carbons (Fsp3) is 0.692. The van der Waals surface area contributed by atoms with Crippen LogP contribution in [0, 0.1) is 0 Å². The number of thiophene rings is 1. The zero-order chi connectivity index (χ0) is 12.1. The first-order chi connectivity index (χ1) is 8.31. The summed E-state index contributed by atoms with van der Waals surface area (Å²) >= 11 is 7.68. The molecule has 0 aromatic carbocycles. The lowest BCUT2D eigenvalue weighted by Gasteiger charge is -2.24. The molecule has 1 saturated heterocycles. The highest BCUT2D eigenvalue weighted by Gasteiger charge is 2.26. The van der Waals surface area contributed by atoms with Crippen LogP contribution in [0.3, 0.4) is 0 Å². The Morgan fingerprint density at radius 2 is 2.47 bits per heavy atom. The highest BCUT2D eigenvalue weighted by atomic mass is 79.9. The van der Waals surface area contributed by atoms with Gasteiger partial charge in [-0.1, -0.05) is 6.92 Å². The van der Waals surface area contributed by atoms with E-state index in [1.165, 1.54) is 40.8 Å². The van der Waals surface area contributed by atoms with Crippen molar-refractivity contribution in [1.29, 1.82) is 0 Å². The Morgan fingerprint density at radius 1 is 1.59 bits per heavy atom. The van der Waals surface area contributed by atoms with Gasteiger partial charge in [-0.2, -0.15) is 11.8 Å². The second kappa shape index (κ2) is 7.17. The summed E-state index contributed by atoms with van der Waals surface area (Å²) in [5.41, 5.74) is 0. The van der Waals surface area contributed by atoms with Crippen LogP contribution in [-0.4, -0.2) is 23.6 Å². The van der Waals surface area contributed by atoms with Crippen molar-refractivity contribution in [2.75, 3.05) is 12.3 Å². The fourth-order valence-corrected chi connectivity index (χ4v) is 5.22. The summed E-state index contributed by atoms with van der Waals surface area (Å²) in [5.74, 6) is 1.35. The summed E-state index contributed by atoms with van der Waals surface area (Å²) in [6.07, 6.45) is 5.18. The van der Waals surface area contributed by atoms with Crippen LogP contribution in [0.25, 0.3) is 0 Å². The zero-order valence-corrected chi connectivity index (χ0v) is 13.5. The van der Waals surface area contributed by atoms with Crippen molar-refractivity contribution < 1.29 is 0 Å². The Bertz CT molecular complexity index is 334. The van der Waals surface area contributed by atoms with E-state index in [0.29, 0.717) is 6.04 Å². The Hall–Kier alpha value is 0.490. The SMILES string of the molecule is CCCNC(Cc1sccc1Br)C1CCCS1. The van der Waals surface area contributed by atoms with Crippen LogP contribution in [0.4, 0.5) is 0 Å². The zero-order valence-electron chi connectivity index (χ0n) is 10.2. The minimum atomic E-state index is 0.650. The van der Waals surface area contributed by atoms with Crippen LogP contribution in [0.5, 0.6) is 0 Å². The summed E-state index contributed by atoms with van der Waals surface area (Å²) < 4.78 is 1.29. The average molecular weight is 334 g/mol. The molecular weight excluding hydrogens is 314 g/mol. The molecule has 0 radical (unpaired) electrons. The van der Waals surface area contributed by atoms with E-state index >= 15 is 0 Å². The Labute approximate surface area is 121 Å². The highest BCUT2D eigenvalue weighted by molar-refractivity contribution is 9.10. The highest BCUT2D eigenvalue weighted by Crippen LogP contribution is 2.32. The quantitative estimate of drug-likeness (QED) is 0.832. The summed E-state index contributed by atoms with van der Waals surface area (Å²) in [7, 11) is 0. The van der Waals surface area contributed by atoms with Gasteiger partial charge in [0.25, 0.3) is 0 Å².